The van der Waals surface area contributed by atoms with Crippen molar-refractivity contribution in [2.24, 2.45) is 0 Å². The summed E-state index contributed by atoms with van der Waals surface area (Å²) in [5.74, 6) is 0.0776. The fraction of sp³-hybridized carbons (Fsp3) is 0.636. The molecule has 1 amide bonds. The molecule has 0 saturated carbocycles. The van der Waals surface area contributed by atoms with Gasteiger partial charge in [0.05, 0.1) is 0 Å². The summed E-state index contributed by atoms with van der Waals surface area (Å²) in [5.41, 5.74) is 0. The molecule has 1 heterocycles. The lowest BCUT2D eigenvalue weighted by Crippen LogP contribution is -2.32. The molecule has 1 rings (SSSR count). The predicted molar refractivity (Wildman–Crippen MR) is 63.0 cm³/mol. The Kier molecular flexibility index (Phi) is 6.25. The third-order valence-corrected chi connectivity index (χ3v) is 2.18. The molecule has 5 nitrogen and oxygen atoms in total. The first-order valence-corrected chi connectivity index (χ1v) is 5.77. The zero-order valence-corrected chi connectivity index (χ0v) is 9.78. The van der Waals surface area contributed by atoms with Crippen molar-refractivity contribution in [3.8, 4) is 0 Å². The Morgan fingerprint density at radius 3 is 2.94 bits per heavy atom. The van der Waals surface area contributed by atoms with E-state index in [1.807, 2.05) is 12.3 Å². The van der Waals surface area contributed by atoms with E-state index in [9.17, 15) is 4.79 Å². The van der Waals surface area contributed by atoms with E-state index >= 15 is 0 Å². The van der Waals surface area contributed by atoms with Crippen LogP contribution < -0.4 is 10.6 Å². The number of hydrogen-bond donors (Lipinski definition) is 2. The Labute approximate surface area is 96.2 Å². The normalized spacial score (nSPS) is 10.3. The highest BCUT2D eigenvalue weighted by Crippen LogP contribution is 1.88. The highest BCUT2D eigenvalue weighted by atomic mass is 16.1. The van der Waals surface area contributed by atoms with E-state index in [4.69, 9.17) is 0 Å². The van der Waals surface area contributed by atoms with Crippen molar-refractivity contribution in [3.63, 3.8) is 0 Å². The first-order valence-electron chi connectivity index (χ1n) is 5.77. The number of carbonyl (C=O) groups is 1. The van der Waals surface area contributed by atoms with Crippen molar-refractivity contribution < 1.29 is 4.79 Å². The van der Waals surface area contributed by atoms with E-state index in [2.05, 4.69) is 22.7 Å². The summed E-state index contributed by atoms with van der Waals surface area (Å²) < 4.78 is 1.76. The van der Waals surface area contributed by atoms with Crippen molar-refractivity contribution in [2.45, 2.75) is 26.3 Å². The molecule has 90 valence electrons. The molecule has 0 spiro atoms. The second-order valence-corrected chi connectivity index (χ2v) is 3.62. The first kappa shape index (κ1) is 12.7. The molecule has 0 aliphatic rings. The van der Waals surface area contributed by atoms with Gasteiger partial charge in [0.15, 0.2) is 0 Å². The molecular formula is C11H20N4O. The first-order chi connectivity index (χ1) is 7.83. The fourth-order valence-corrected chi connectivity index (χ4v) is 1.33. The zero-order valence-electron chi connectivity index (χ0n) is 9.78. The zero-order chi connectivity index (χ0) is 11.6. The van der Waals surface area contributed by atoms with Crippen LogP contribution in [0.3, 0.4) is 0 Å². The van der Waals surface area contributed by atoms with Crippen molar-refractivity contribution in [3.05, 3.63) is 18.5 Å². The van der Waals surface area contributed by atoms with Crippen LogP contribution in [-0.4, -0.2) is 35.3 Å². The number of aromatic nitrogens is 2. The van der Waals surface area contributed by atoms with Crippen LogP contribution in [0.2, 0.25) is 0 Å². The number of carbonyl (C=O) groups excluding carboxylic acids is 1. The van der Waals surface area contributed by atoms with Crippen LogP contribution in [0.15, 0.2) is 18.5 Å². The molecule has 0 bridgehead atoms. The number of nitrogens with one attached hydrogen (secondary N) is 2. The number of nitrogens with zero attached hydrogens (tertiary/aromatic N) is 2. The largest absolute Gasteiger partial charge is 0.355 e. The van der Waals surface area contributed by atoms with Gasteiger partial charge in [-0.1, -0.05) is 6.92 Å². The minimum Gasteiger partial charge on any atom is -0.355 e. The molecular weight excluding hydrogens is 204 g/mol. The van der Waals surface area contributed by atoms with Crippen LogP contribution in [-0.2, 0) is 11.3 Å². The van der Waals surface area contributed by atoms with Crippen LogP contribution in [0.5, 0.6) is 0 Å². The number of amides is 1. The Hall–Kier alpha value is -1.36. The molecule has 0 fully saturated rings. The molecule has 5 heteroatoms. The highest BCUT2D eigenvalue weighted by molar-refractivity contribution is 5.75. The maximum Gasteiger partial charge on any atom is 0.221 e. The topological polar surface area (TPSA) is 58.9 Å². The van der Waals surface area contributed by atoms with E-state index < -0.39 is 0 Å². The van der Waals surface area contributed by atoms with E-state index in [0.717, 1.165) is 19.5 Å². The quantitative estimate of drug-likeness (QED) is 0.628. The summed E-state index contributed by atoms with van der Waals surface area (Å²) in [6, 6.07) is 1.85. The van der Waals surface area contributed by atoms with Crippen molar-refractivity contribution in [1.29, 1.82) is 0 Å². The number of hydrogen-bond acceptors (Lipinski definition) is 3. The Morgan fingerprint density at radius 2 is 2.25 bits per heavy atom. The molecule has 1 aromatic rings. The summed E-state index contributed by atoms with van der Waals surface area (Å²) in [7, 11) is 0. The molecule has 0 atom stereocenters. The molecule has 0 aliphatic carbocycles. The molecule has 16 heavy (non-hydrogen) atoms. The van der Waals surface area contributed by atoms with Gasteiger partial charge in [-0.2, -0.15) is 5.10 Å². The molecule has 2 N–H and O–H groups in total. The average Bonchev–Trinajstić information content (AvgIpc) is 2.79. The molecule has 0 saturated heterocycles. The van der Waals surface area contributed by atoms with Gasteiger partial charge in [-0.05, 0) is 19.0 Å². The third kappa shape index (κ3) is 5.50. The van der Waals surface area contributed by atoms with Crippen LogP contribution in [0, 0.1) is 0 Å². The third-order valence-electron chi connectivity index (χ3n) is 2.18. The summed E-state index contributed by atoms with van der Waals surface area (Å²) in [6.07, 6.45) is 5.17. The van der Waals surface area contributed by atoms with Gasteiger partial charge in [-0.3, -0.25) is 9.48 Å². The van der Waals surface area contributed by atoms with Crippen molar-refractivity contribution in [1.82, 2.24) is 20.4 Å². The van der Waals surface area contributed by atoms with Crippen molar-refractivity contribution >= 4 is 5.91 Å². The van der Waals surface area contributed by atoms with Gasteiger partial charge in [0, 0.05) is 38.4 Å². The monoisotopic (exact) mass is 224 g/mol. The molecule has 0 aliphatic heterocycles. The molecule has 1 aromatic heterocycles. The van der Waals surface area contributed by atoms with E-state index in [1.54, 1.807) is 10.9 Å². The van der Waals surface area contributed by atoms with E-state index in [1.165, 1.54) is 0 Å². The summed E-state index contributed by atoms with van der Waals surface area (Å²) in [6.45, 7) is 5.29. The van der Waals surface area contributed by atoms with Gasteiger partial charge in [0.1, 0.15) is 0 Å². The van der Waals surface area contributed by atoms with Crippen LogP contribution >= 0.6 is 0 Å². The summed E-state index contributed by atoms with van der Waals surface area (Å²) in [5, 5.41) is 10.1. The van der Waals surface area contributed by atoms with Crippen molar-refractivity contribution in [2.75, 3.05) is 19.6 Å². The Balaban J connectivity index is 1.99. The minimum atomic E-state index is 0.0776. The average molecular weight is 224 g/mol. The van der Waals surface area contributed by atoms with Gasteiger partial charge >= 0.3 is 0 Å². The summed E-state index contributed by atoms with van der Waals surface area (Å²) >= 11 is 0. The molecule has 0 radical (unpaired) electrons. The smallest absolute Gasteiger partial charge is 0.221 e. The highest BCUT2D eigenvalue weighted by Gasteiger charge is 2.00. The predicted octanol–water partition coefficient (Wildman–Crippen LogP) is 0.389. The van der Waals surface area contributed by atoms with Gasteiger partial charge in [0.25, 0.3) is 0 Å². The van der Waals surface area contributed by atoms with E-state index in [-0.39, 0.29) is 5.91 Å². The number of rotatable bonds is 8. The molecule has 0 unspecified atom stereocenters. The SMILES string of the molecule is CCCNCCNC(=O)CCn1cccn1. The lowest BCUT2D eigenvalue weighted by molar-refractivity contribution is -0.121. The minimum absolute atomic E-state index is 0.0776. The second-order valence-electron chi connectivity index (χ2n) is 3.62. The standard InChI is InChI=1S/C11H20N4O/c1-2-5-12-7-8-13-11(16)4-10-15-9-3-6-14-15/h3,6,9,12H,2,4-5,7-8,10H2,1H3,(H,13,16). The maximum absolute atomic E-state index is 11.4. The van der Waals surface area contributed by atoms with Gasteiger partial charge in [0.2, 0.25) is 5.91 Å². The Bertz CT molecular complexity index is 284. The number of aryl methyl sites for hydroxylation is 1. The molecule has 0 aromatic carbocycles. The lowest BCUT2D eigenvalue weighted by atomic mass is 10.4. The van der Waals surface area contributed by atoms with Crippen LogP contribution in [0.4, 0.5) is 0 Å². The maximum atomic E-state index is 11.4. The second kappa shape index (κ2) is 7.87. The lowest BCUT2D eigenvalue weighted by Gasteiger charge is -2.06. The van der Waals surface area contributed by atoms with Gasteiger partial charge in [-0.15, -0.1) is 0 Å². The fourth-order valence-electron chi connectivity index (χ4n) is 1.33. The van der Waals surface area contributed by atoms with E-state index in [0.29, 0.717) is 19.5 Å². The van der Waals surface area contributed by atoms with Crippen LogP contribution in [0.1, 0.15) is 19.8 Å². The van der Waals surface area contributed by atoms with Gasteiger partial charge < -0.3 is 10.6 Å². The Morgan fingerprint density at radius 1 is 1.38 bits per heavy atom. The van der Waals surface area contributed by atoms with Gasteiger partial charge in [-0.25, -0.2) is 0 Å². The summed E-state index contributed by atoms with van der Waals surface area (Å²) in [4.78, 5) is 11.4. The van der Waals surface area contributed by atoms with Crippen LogP contribution in [0.25, 0.3) is 0 Å².